The second-order valence-corrected chi connectivity index (χ2v) is 9.24. The van der Waals surface area contributed by atoms with Gasteiger partial charge in [-0.25, -0.2) is 18.1 Å². The van der Waals surface area contributed by atoms with Crippen LogP contribution in [-0.4, -0.2) is 38.3 Å². The van der Waals surface area contributed by atoms with Crippen LogP contribution in [0.1, 0.15) is 37.7 Å². The molecule has 3 rings (SSSR count). The maximum absolute atomic E-state index is 12.2. The molecule has 1 heterocycles. The van der Waals surface area contributed by atoms with Gasteiger partial charge >= 0.3 is 6.36 Å². The molecular formula is C21H24F3N3O5S. The normalized spacial score (nSPS) is 14.8. The topological polar surface area (TPSA) is 107 Å². The van der Waals surface area contributed by atoms with Gasteiger partial charge in [-0.3, -0.25) is 4.79 Å². The molecule has 0 unspecified atom stereocenters. The Morgan fingerprint density at radius 2 is 1.79 bits per heavy atom. The number of sulfonamides is 1. The van der Waals surface area contributed by atoms with E-state index in [1.54, 1.807) is 18.3 Å². The standard InChI is InChI=1S/C21H24F3N3O5S/c22-21(23,24)32-17-6-8-18(9-7-17)33(29,30)27-12-11-19(28)25-13-15-5-10-20(26-14-15)31-16-3-1-2-4-16/h5-10,14,16,27H,1-4,11-13H2,(H,25,28). The van der Waals surface area contributed by atoms with Crippen LogP contribution in [0.3, 0.4) is 0 Å². The molecule has 0 aliphatic heterocycles. The lowest BCUT2D eigenvalue weighted by Crippen LogP contribution is -2.30. The second kappa shape index (κ2) is 10.8. The van der Waals surface area contributed by atoms with E-state index >= 15 is 0 Å². The van der Waals surface area contributed by atoms with E-state index in [-0.39, 0.29) is 36.4 Å². The zero-order chi connectivity index (χ0) is 23.9. The Bertz CT molecular complexity index is 1020. The minimum absolute atomic E-state index is 0.120. The molecule has 1 aliphatic rings. The van der Waals surface area contributed by atoms with Crippen molar-refractivity contribution in [3.05, 3.63) is 48.2 Å². The molecule has 2 aromatic rings. The highest BCUT2D eigenvalue weighted by Crippen LogP contribution is 2.24. The predicted octanol–water partition coefficient (Wildman–Crippen LogP) is 3.29. The number of hydrogen-bond acceptors (Lipinski definition) is 6. The van der Waals surface area contributed by atoms with E-state index in [0.29, 0.717) is 5.88 Å². The van der Waals surface area contributed by atoms with Crippen LogP contribution in [0.25, 0.3) is 0 Å². The van der Waals surface area contributed by atoms with Crippen molar-refractivity contribution in [2.24, 2.45) is 0 Å². The van der Waals surface area contributed by atoms with Gasteiger partial charge in [-0.2, -0.15) is 0 Å². The fraction of sp³-hybridized carbons (Fsp3) is 0.429. The summed E-state index contributed by atoms with van der Waals surface area (Å²) in [6.45, 7) is 0.0460. The number of rotatable bonds is 10. The largest absolute Gasteiger partial charge is 0.573 e. The van der Waals surface area contributed by atoms with Crippen molar-refractivity contribution in [2.45, 2.75) is 56.0 Å². The number of carbonyl (C=O) groups is 1. The van der Waals surface area contributed by atoms with Gasteiger partial charge in [0.2, 0.25) is 21.8 Å². The number of aromatic nitrogens is 1. The molecule has 1 saturated carbocycles. The first-order chi connectivity index (χ1) is 15.6. The summed E-state index contributed by atoms with van der Waals surface area (Å²) >= 11 is 0. The van der Waals surface area contributed by atoms with Gasteiger partial charge in [0, 0.05) is 31.8 Å². The number of ether oxygens (including phenoxy) is 2. The van der Waals surface area contributed by atoms with Crippen molar-refractivity contribution in [2.75, 3.05) is 6.54 Å². The maximum Gasteiger partial charge on any atom is 0.573 e. The minimum Gasteiger partial charge on any atom is -0.474 e. The Morgan fingerprint density at radius 1 is 1.09 bits per heavy atom. The third-order valence-corrected chi connectivity index (χ3v) is 6.37. The second-order valence-electron chi connectivity index (χ2n) is 7.47. The van der Waals surface area contributed by atoms with Crippen molar-refractivity contribution < 1.29 is 35.9 Å². The Kier molecular flexibility index (Phi) is 8.14. The highest BCUT2D eigenvalue weighted by molar-refractivity contribution is 7.89. The number of nitrogens with zero attached hydrogens (tertiary/aromatic N) is 1. The van der Waals surface area contributed by atoms with Gasteiger partial charge in [0.15, 0.2) is 0 Å². The van der Waals surface area contributed by atoms with E-state index in [1.165, 1.54) is 0 Å². The van der Waals surface area contributed by atoms with Crippen LogP contribution >= 0.6 is 0 Å². The van der Waals surface area contributed by atoms with Crippen molar-refractivity contribution >= 4 is 15.9 Å². The Morgan fingerprint density at radius 3 is 2.39 bits per heavy atom. The van der Waals surface area contributed by atoms with Gasteiger partial charge in [-0.1, -0.05) is 6.07 Å². The highest BCUT2D eigenvalue weighted by atomic mass is 32.2. The summed E-state index contributed by atoms with van der Waals surface area (Å²) in [4.78, 5) is 16.0. The number of hydrogen-bond donors (Lipinski definition) is 2. The molecule has 180 valence electrons. The fourth-order valence-corrected chi connectivity index (χ4v) is 4.29. The SMILES string of the molecule is O=C(CCNS(=O)(=O)c1ccc(OC(F)(F)F)cc1)NCc1ccc(OC2CCCC2)nc1. The number of alkyl halides is 3. The first kappa shape index (κ1) is 24.8. The maximum atomic E-state index is 12.2. The number of benzene rings is 1. The van der Waals surface area contributed by atoms with Gasteiger partial charge in [0.25, 0.3) is 0 Å². The van der Waals surface area contributed by atoms with Gasteiger partial charge < -0.3 is 14.8 Å². The Balaban J connectivity index is 1.39. The number of halogens is 3. The number of amides is 1. The van der Waals surface area contributed by atoms with E-state index in [2.05, 4.69) is 19.8 Å². The van der Waals surface area contributed by atoms with Crippen molar-refractivity contribution in [1.29, 1.82) is 0 Å². The number of carbonyl (C=O) groups excluding carboxylic acids is 1. The summed E-state index contributed by atoms with van der Waals surface area (Å²) < 4.78 is 72.7. The first-order valence-corrected chi connectivity index (χ1v) is 11.8. The van der Waals surface area contributed by atoms with E-state index in [1.807, 2.05) is 0 Å². The molecule has 8 nitrogen and oxygen atoms in total. The lowest BCUT2D eigenvalue weighted by atomic mass is 10.2. The van der Waals surface area contributed by atoms with Crippen LogP contribution in [0.15, 0.2) is 47.5 Å². The molecule has 1 aliphatic carbocycles. The third kappa shape index (κ3) is 8.21. The highest BCUT2D eigenvalue weighted by Gasteiger charge is 2.31. The average molecular weight is 488 g/mol. The predicted molar refractivity (Wildman–Crippen MR) is 112 cm³/mol. The molecule has 2 N–H and O–H groups in total. The average Bonchev–Trinajstić information content (AvgIpc) is 3.25. The van der Waals surface area contributed by atoms with Crippen LogP contribution < -0.4 is 19.5 Å². The molecule has 0 bridgehead atoms. The molecular weight excluding hydrogens is 463 g/mol. The van der Waals surface area contributed by atoms with E-state index in [0.717, 1.165) is 55.5 Å². The first-order valence-electron chi connectivity index (χ1n) is 10.3. The molecule has 0 radical (unpaired) electrons. The van der Waals surface area contributed by atoms with Gasteiger partial charge in [-0.15, -0.1) is 13.2 Å². The van der Waals surface area contributed by atoms with Crippen molar-refractivity contribution in [3.8, 4) is 11.6 Å². The van der Waals surface area contributed by atoms with Crippen LogP contribution in [0.4, 0.5) is 13.2 Å². The molecule has 33 heavy (non-hydrogen) atoms. The third-order valence-electron chi connectivity index (χ3n) is 4.89. The van der Waals surface area contributed by atoms with Gasteiger partial charge in [-0.05, 0) is 55.5 Å². The molecule has 12 heteroatoms. The molecule has 1 fully saturated rings. The van der Waals surface area contributed by atoms with Crippen LogP contribution in [0, 0.1) is 0 Å². The molecule has 0 saturated heterocycles. The fourth-order valence-electron chi connectivity index (χ4n) is 3.25. The zero-order valence-electron chi connectivity index (χ0n) is 17.6. The summed E-state index contributed by atoms with van der Waals surface area (Å²) in [7, 11) is -3.99. The molecule has 0 spiro atoms. The Labute approximate surface area is 189 Å². The zero-order valence-corrected chi connectivity index (χ0v) is 18.4. The summed E-state index contributed by atoms with van der Waals surface area (Å²) in [5.41, 5.74) is 0.767. The number of pyridine rings is 1. The minimum atomic E-state index is -4.87. The van der Waals surface area contributed by atoms with Gasteiger partial charge in [0.1, 0.15) is 11.9 Å². The molecule has 1 aromatic carbocycles. The lowest BCUT2D eigenvalue weighted by molar-refractivity contribution is -0.274. The summed E-state index contributed by atoms with van der Waals surface area (Å²) in [6.07, 6.45) is 1.21. The Hall–Kier alpha value is -2.86. The van der Waals surface area contributed by atoms with Crippen LogP contribution in [-0.2, 0) is 21.4 Å². The van der Waals surface area contributed by atoms with Crippen molar-refractivity contribution in [3.63, 3.8) is 0 Å². The van der Waals surface area contributed by atoms with E-state index < -0.39 is 22.1 Å². The van der Waals surface area contributed by atoms with Crippen LogP contribution in [0.5, 0.6) is 11.6 Å². The summed E-state index contributed by atoms with van der Waals surface area (Å²) in [5.74, 6) is -0.365. The van der Waals surface area contributed by atoms with E-state index in [9.17, 15) is 26.4 Å². The van der Waals surface area contributed by atoms with E-state index in [4.69, 9.17) is 4.74 Å². The smallest absolute Gasteiger partial charge is 0.474 e. The summed E-state index contributed by atoms with van der Waals surface area (Å²) in [6, 6.07) is 7.30. The summed E-state index contributed by atoms with van der Waals surface area (Å²) in [5, 5.41) is 2.67. The molecule has 0 atom stereocenters. The van der Waals surface area contributed by atoms with Gasteiger partial charge in [0.05, 0.1) is 4.90 Å². The molecule has 1 amide bonds. The van der Waals surface area contributed by atoms with Crippen molar-refractivity contribution in [1.82, 2.24) is 15.0 Å². The number of nitrogens with one attached hydrogen (secondary N) is 2. The monoisotopic (exact) mass is 487 g/mol. The molecule has 1 aromatic heterocycles. The quantitative estimate of drug-likeness (QED) is 0.533. The van der Waals surface area contributed by atoms with Crippen LogP contribution in [0.2, 0.25) is 0 Å². The lowest BCUT2D eigenvalue weighted by Gasteiger charge is -2.12.